The Morgan fingerprint density at radius 1 is 1.26 bits per heavy atom. The van der Waals surface area contributed by atoms with E-state index in [9.17, 15) is 0 Å². The van der Waals surface area contributed by atoms with E-state index >= 15 is 0 Å². The van der Waals surface area contributed by atoms with Gasteiger partial charge in [-0.15, -0.1) is 0 Å². The fraction of sp³-hybridized carbons (Fsp3) is 0.188. The molecule has 19 heavy (non-hydrogen) atoms. The lowest BCUT2D eigenvalue weighted by atomic mass is 10.1. The van der Waals surface area contributed by atoms with E-state index in [4.69, 9.17) is 9.84 Å². The molecule has 0 spiro atoms. The largest absolute Gasteiger partial charge is 0.487 e. The predicted molar refractivity (Wildman–Crippen MR) is 73.7 cm³/mol. The van der Waals surface area contributed by atoms with Gasteiger partial charge in [-0.1, -0.05) is 41.7 Å². The molecule has 0 fully saturated rings. The quantitative estimate of drug-likeness (QED) is 0.854. The van der Waals surface area contributed by atoms with E-state index in [-0.39, 0.29) is 6.61 Å². The Hall–Kier alpha value is -2.31. The topological polar surface area (TPSA) is 42.4 Å². The summed E-state index contributed by atoms with van der Waals surface area (Å²) in [6.07, 6.45) is 3.29. The number of nitrogens with zero attached hydrogens (tertiary/aromatic N) is 1. The third kappa shape index (κ3) is 4.13. The van der Waals surface area contributed by atoms with Gasteiger partial charge in [0.25, 0.3) is 0 Å². The van der Waals surface area contributed by atoms with Crippen molar-refractivity contribution in [2.45, 2.75) is 13.5 Å². The summed E-state index contributed by atoms with van der Waals surface area (Å²) in [5.41, 5.74) is 3.06. The molecule has 1 heterocycles. The van der Waals surface area contributed by atoms with Gasteiger partial charge in [0.05, 0.1) is 6.20 Å². The van der Waals surface area contributed by atoms with E-state index in [0.29, 0.717) is 12.4 Å². The van der Waals surface area contributed by atoms with E-state index in [1.807, 2.05) is 18.2 Å². The summed E-state index contributed by atoms with van der Waals surface area (Å²) in [6.45, 7) is 2.39. The highest BCUT2D eigenvalue weighted by atomic mass is 16.5. The minimum Gasteiger partial charge on any atom is -0.487 e. The van der Waals surface area contributed by atoms with E-state index in [1.54, 1.807) is 12.4 Å². The molecule has 0 saturated heterocycles. The SMILES string of the molecule is Cc1cccc(COc2cncc(C#CCO)c2)c1. The first-order chi connectivity index (χ1) is 9.28. The minimum atomic E-state index is -0.158. The fourth-order valence-corrected chi connectivity index (χ4v) is 1.68. The molecule has 0 aliphatic rings. The van der Waals surface area contributed by atoms with E-state index in [2.05, 4.69) is 35.9 Å². The van der Waals surface area contributed by atoms with Crippen molar-refractivity contribution < 1.29 is 9.84 Å². The van der Waals surface area contributed by atoms with Crippen molar-refractivity contribution in [1.29, 1.82) is 0 Å². The second-order valence-corrected chi connectivity index (χ2v) is 4.15. The van der Waals surface area contributed by atoms with Crippen LogP contribution >= 0.6 is 0 Å². The molecule has 0 saturated carbocycles. The minimum absolute atomic E-state index is 0.158. The van der Waals surface area contributed by atoms with Gasteiger partial charge in [-0.05, 0) is 18.6 Å². The Morgan fingerprint density at radius 3 is 2.95 bits per heavy atom. The van der Waals surface area contributed by atoms with Crippen molar-refractivity contribution in [3.8, 4) is 17.6 Å². The highest BCUT2D eigenvalue weighted by Gasteiger charge is 1.98. The molecule has 1 aromatic heterocycles. The molecule has 1 N–H and O–H groups in total. The Kier molecular flexibility index (Phi) is 4.54. The summed E-state index contributed by atoms with van der Waals surface area (Å²) in [5.74, 6) is 6.05. The van der Waals surface area contributed by atoms with E-state index < -0.39 is 0 Å². The molecule has 0 atom stereocenters. The Bertz CT molecular complexity index is 611. The molecule has 0 unspecified atom stereocenters. The zero-order valence-electron chi connectivity index (χ0n) is 10.8. The fourth-order valence-electron chi connectivity index (χ4n) is 1.68. The monoisotopic (exact) mass is 253 g/mol. The van der Waals surface area contributed by atoms with Crippen molar-refractivity contribution in [3.63, 3.8) is 0 Å². The lowest BCUT2D eigenvalue weighted by Gasteiger charge is -2.06. The Labute approximate surface area is 112 Å². The van der Waals surface area contributed by atoms with Gasteiger partial charge in [-0.25, -0.2) is 0 Å². The van der Waals surface area contributed by atoms with Gasteiger partial charge >= 0.3 is 0 Å². The predicted octanol–water partition coefficient (Wildman–Crippen LogP) is 2.31. The van der Waals surface area contributed by atoms with Crippen LogP contribution in [0.4, 0.5) is 0 Å². The van der Waals surface area contributed by atoms with Crippen LogP contribution in [0, 0.1) is 18.8 Å². The van der Waals surface area contributed by atoms with Gasteiger partial charge in [-0.3, -0.25) is 4.98 Å². The second kappa shape index (κ2) is 6.58. The molecular formula is C16H15NO2. The third-order valence-electron chi connectivity index (χ3n) is 2.51. The maximum absolute atomic E-state index is 8.65. The normalized spacial score (nSPS) is 9.58. The lowest BCUT2D eigenvalue weighted by Crippen LogP contribution is -1.96. The maximum Gasteiger partial charge on any atom is 0.139 e. The van der Waals surface area contributed by atoms with E-state index in [0.717, 1.165) is 11.1 Å². The zero-order chi connectivity index (χ0) is 13.5. The molecular weight excluding hydrogens is 238 g/mol. The highest BCUT2D eigenvalue weighted by Crippen LogP contribution is 2.13. The van der Waals surface area contributed by atoms with Gasteiger partial charge in [0.1, 0.15) is 19.0 Å². The second-order valence-electron chi connectivity index (χ2n) is 4.15. The number of ether oxygens (including phenoxy) is 1. The van der Waals surface area contributed by atoms with Gasteiger partial charge in [0.15, 0.2) is 0 Å². The number of aryl methyl sites for hydroxylation is 1. The number of rotatable bonds is 3. The summed E-state index contributed by atoms with van der Waals surface area (Å²) >= 11 is 0. The Balaban J connectivity index is 2.03. The van der Waals surface area contributed by atoms with Gasteiger partial charge in [0, 0.05) is 11.8 Å². The average Bonchev–Trinajstić information content (AvgIpc) is 2.43. The molecule has 3 nitrogen and oxygen atoms in total. The van der Waals surface area contributed by atoms with Crippen molar-refractivity contribution in [2.75, 3.05) is 6.61 Å². The molecule has 2 aromatic rings. The van der Waals surface area contributed by atoms with Crippen LogP contribution in [0.1, 0.15) is 16.7 Å². The standard InChI is InChI=1S/C16H15NO2/c1-13-4-2-5-15(8-13)12-19-16-9-14(6-3-7-18)10-17-11-16/h2,4-5,8-11,18H,7,12H2,1H3. The molecule has 3 heteroatoms. The molecule has 96 valence electrons. The van der Waals surface area contributed by atoms with Gasteiger partial charge in [0.2, 0.25) is 0 Å². The summed E-state index contributed by atoms with van der Waals surface area (Å²) in [7, 11) is 0. The third-order valence-corrected chi connectivity index (χ3v) is 2.51. The highest BCUT2D eigenvalue weighted by molar-refractivity contribution is 5.36. The molecule has 0 aliphatic carbocycles. The first-order valence-corrected chi connectivity index (χ1v) is 6.01. The number of hydrogen-bond acceptors (Lipinski definition) is 3. The zero-order valence-corrected chi connectivity index (χ0v) is 10.8. The first kappa shape index (κ1) is 13.1. The van der Waals surface area contributed by atoms with Gasteiger partial charge in [-0.2, -0.15) is 0 Å². The number of aliphatic hydroxyl groups excluding tert-OH is 1. The van der Waals surface area contributed by atoms with Crippen LogP contribution in [-0.2, 0) is 6.61 Å². The smallest absolute Gasteiger partial charge is 0.139 e. The van der Waals surface area contributed by atoms with E-state index in [1.165, 1.54) is 5.56 Å². The van der Waals surface area contributed by atoms with Crippen LogP contribution in [0.25, 0.3) is 0 Å². The molecule has 0 bridgehead atoms. The summed E-state index contributed by atoms with van der Waals surface area (Å²) in [6, 6.07) is 9.98. The average molecular weight is 253 g/mol. The van der Waals surface area contributed by atoms with Crippen molar-refractivity contribution in [1.82, 2.24) is 4.98 Å². The molecule has 2 rings (SSSR count). The molecule has 0 radical (unpaired) electrons. The Morgan fingerprint density at radius 2 is 2.16 bits per heavy atom. The number of benzene rings is 1. The van der Waals surface area contributed by atoms with Crippen molar-refractivity contribution in [2.24, 2.45) is 0 Å². The van der Waals surface area contributed by atoms with Crippen LogP contribution in [-0.4, -0.2) is 16.7 Å². The van der Waals surface area contributed by atoms with Gasteiger partial charge < -0.3 is 9.84 Å². The summed E-state index contributed by atoms with van der Waals surface area (Å²) < 4.78 is 5.67. The van der Waals surface area contributed by atoms with Crippen LogP contribution < -0.4 is 4.74 Å². The van der Waals surface area contributed by atoms with Crippen molar-refractivity contribution >= 4 is 0 Å². The van der Waals surface area contributed by atoms with Crippen molar-refractivity contribution in [3.05, 3.63) is 59.4 Å². The number of aliphatic hydroxyl groups is 1. The summed E-state index contributed by atoms with van der Waals surface area (Å²) in [4.78, 5) is 4.06. The van der Waals surface area contributed by atoms with Crippen LogP contribution in [0.3, 0.4) is 0 Å². The number of aromatic nitrogens is 1. The lowest BCUT2D eigenvalue weighted by molar-refractivity contribution is 0.305. The van der Waals surface area contributed by atoms with Crippen LogP contribution in [0.5, 0.6) is 5.75 Å². The molecule has 1 aromatic carbocycles. The van der Waals surface area contributed by atoms with Crippen LogP contribution in [0.2, 0.25) is 0 Å². The number of hydrogen-bond donors (Lipinski definition) is 1. The number of pyridine rings is 1. The summed E-state index contributed by atoms with van der Waals surface area (Å²) in [5, 5.41) is 8.65. The molecule has 0 aliphatic heterocycles. The maximum atomic E-state index is 8.65. The van der Waals surface area contributed by atoms with Crippen LogP contribution in [0.15, 0.2) is 42.7 Å². The molecule has 0 amide bonds. The first-order valence-electron chi connectivity index (χ1n) is 6.01.